The number of unbranched alkanes of at least 4 members (excludes halogenated alkanes) is 1. The van der Waals surface area contributed by atoms with E-state index in [0.29, 0.717) is 11.5 Å². The molecule has 1 fully saturated rings. The smallest absolute Gasteiger partial charge is 0.325 e. The molecular weight excluding hydrogens is 264 g/mol. The van der Waals surface area contributed by atoms with Gasteiger partial charge in [-0.2, -0.15) is 0 Å². The summed E-state index contributed by atoms with van der Waals surface area (Å²) in [5, 5.41) is 3.46. The van der Waals surface area contributed by atoms with Crippen LogP contribution in [0.5, 0.6) is 0 Å². The van der Waals surface area contributed by atoms with Crippen LogP contribution in [0.3, 0.4) is 0 Å². The first-order valence-corrected chi connectivity index (χ1v) is 8.21. The third-order valence-electron chi connectivity index (χ3n) is 3.95. The number of nitrogens with zero attached hydrogens (tertiary/aromatic N) is 1. The maximum Gasteiger partial charge on any atom is 0.325 e. The number of carbonyl (C=O) groups excluding carboxylic acids is 1. The van der Waals surface area contributed by atoms with Crippen LogP contribution in [0.1, 0.15) is 59.8 Å². The summed E-state index contributed by atoms with van der Waals surface area (Å²) < 4.78 is 4.98. The Morgan fingerprint density at radius 2 is 1.86 bits per heavy atom. The van der Waals surface area contributed by atoms with Crippen molar-refractivity contribution in [3.63, 3.8) is 0 Å². The second-order valence-electron chi connectivity index (χ2n) is 8.00. The van der Waals surface area contributed by atoms with Crippen molar-refractivity contribution in [1.29, 1.82) is 0 Å². The molecule has 0 aliphatic heterocycles. The van der Waals surface area contributed by atoms with Crippen molar-refractivity contribution in [2.75, 3.05) is 27.2 Å². The first-order chi connectivity index (χ1) is 9.66. The molecule has 0 spiro atoms. The van der Waals surface area contributed by atoms with E-state index in [0.717, 1.165) is 32.4 Å². The summed E-state index contributed by atoms with van der Waals surface area (Å²) in [5.41, 5.74) is -0.179. The number of esters is 1. The van der Waals surface area contributed by atoms with E-state index in [4.69, 9.17) is 4.74 Å². The Bertz CT molecular complexity index is 334. The molecule has 0 aromatic rings. The molecule has 124 valence electrons. The Morgan fingerprint density at radius 3 is 2.33 bits per heavy atom. The predicted molar refractivity (Wildman–Crippen MR) is 87.4 cm³/mol. The minimum atomic E-state index is -0.515. The summed E-state index contributed by atoms with van der Waals surface area (Å²) in [5.74, 6) is -0.127. The SMILES string of the molecule is COC(=O)C(C)(CCCCN(C)CC(C)(C)C)NC1CC1. The monoisotopic (exact) mass is 298 g/mol. The highest BCUT2D eigenvalue weighted by atomic mass is 16.5. The van der Waals surface area contributed by atoms with Crippen molar-refractivity contribution in [3.8, 4) is 0 Å². The zero-order valence-corrected chi connectivity index (χ0v) is 14.8. The summed E-state index contributed by atoms with van der Waals surface area (Å²) in [6.07, 6.45) is 5.37. The molecule has 1 aliphatic rings. The molecular formula is C17H34N2O2. The van der Waals surface area contributed by atoms with E-state index in [1.807, 2.05) is 6.92 Å². The third kappa shape index (κ3) is 7.28. The number of hydrogen-bond acceptors (Lipinski definition) is 4. The molecule has 1 aliphatic carbocycles. The molecule has 1 N–H and O–H groups in total. The van der Waals surface area contributed by atoms with Crippen molar-refractivity contribution >= 4 is 5.97 Å². The summed E-state index contributed by atoms with van der Waals surface area (Å²) in [6.45, 7) is 10.9. The van der Waals surface area contributed by atoms with E-state index in [1.54, 1.807) is 0 Å². The lowest BCUT2D eigenvalue weighted by Crippen LogP contribution is -2.51. The first kappa shape index (κ1) is 18.4. The lowest BCUT2D eigenvalue weighted by atomic mass is 9.94. The van der Waals surface area contributed by atoms with E-state index in [2.05, 4.69) is 38.0 Å². The van der Waals surface area contributed by atoms with Crippen molar-refractivity contribution in [3.05, 3.63) is 0 Å². The van der Waals surface area contributed by atoms with E-state index in [-0.39, 0.29) is 5.97 Å². The fraction of sp³-hybridized carbons (Fsp3) is 0.941. The number of rotatable bonds is 9. The molecule has 1 unspecified atom stereocenters. The fourth-order valence-corrected chi connectivity index (χ4v) is 2.89. The average Bonchev–Trinajstić information content (AvgIpc) is 3.15. The van der Waals surface area contributed by atoms with Gasteiger partial charge < -0.3 is 9.64 Å². The Hall–Kier alpha value is -0.610. The van der Waals surface area contributed by atoms with Gasteiger partial charge in [-0.05, 0) is 58.0 Å². The molecule has 4 nitrogen and oxygen atoms in total. The molecule has 0 radical (unpaired) electrons. The van der Waals surface area contributed by atoms with Gasteiger partial charge >= 0.3 is 5.97 Å². The van der Waals surface area contributed by atoms with Crippen LogP contribution in [0.25, 0.3) is 0 Å². The normalized spacial score (nSPS) is 18.6. The van der Waals surface area contributed by atoms with Crippen molar-refractivity contribution in [2.24, 2.45) is 5.41 Å². The molecule has 21 heavy (non-hydrogen) atoms. The summed E-state index contributed by atoms with van der Waals surface area (Å²) in [4.78, 5) is 14.4. The number of nitrogens with one attached hydrogen (secondary N) is 1. The Labute approximate surface area is 130 Å². The molecule has 0 aromatic heterocycles. The van der Waals surface area contributed by atoms with Gasteiger partial charge in [-0.1, -0.05) is 20.8 Å². The highest BCUT2D eigenvalue weighted by molar-refractivity contribution is 5.80. The van der Waals surface area contributed by atoms with Gasteiger partial charge in [0.25, 0.3) is 0 Å². The number of ether oxygens (including phenoxy) is 1. The van der Waals surface area contributed by atoms with Crippen LogP contribution in [0.2, 0.25) is 0 Å². The highest BCUT2D eigenvalue weighted by Gasteiger charge is 2.38. The zero-order valence-electron chi connectivity index (χ0n) is 14.8. The maximum absolute atomic E-state index is 12.0. The van der Waals surface area contributed by atoms with Crippen LogP contribution in [0.15, 0.2) is 0 Å². The molecule has 0 saturated heterocycles. The van der Waals surface area contributed by atoms with Gasteiger partial charge in [0, 0.05) is 12.6 Å². The summed E-state index contributed by atoms with van der Waals surface area (Å²) >= 11 is 0. The van der Waals surface area contributed by atoms with E-state index in [1.165, 1.54) is 20.0 Å². The van der Waals surface area contributed by atoms with E-state index < -0.39 is 5.54 Å². The Kier molecular flexibility index (Phi) is 6.67. The Morgan fingerprint density at radius 1 is 1.24 bits per heavy atom. The average molecular weight is 298 g/mol. The van der Waals surface area contributed by atoms with Crippen LogP contribution in [-0.2, 0) is 9.53 Å². The van der Waals surface area contributed by atoms with Crippen molar-refractivity contribution in [1.82, 2.24) is 10.2 Å². The minimum Gasteiger partial charge on any atom is -0.468 e. The first-order valence-electron chi connectivity index (χ1n) is 8.21. The van der Waals surface area contributed by atoms with E-state index in [9.17, 15) is 4.79 Å². The molecule has 0 amide bonds. The van der Waals surface area contributed by atoms with Crippen molar-refractivity contribution in [2.45, 2.75) is 71.4 Å². The van der Waals surface area contributed by atoms with Gasteiger partial charge in [-0.15, -0.1) is 0 Å². The van der Waals surface area contributed by atoms with Crippen LogP contribution >= 0.6 is 0 Å². The largest absolute Gasteiger partial charge is 0.468 e. The topological polar surface area (TPSA) is 41.6 Å². The van der Waals surface area contributed by atoms with Gasteiger partial charge in [0.1, 0.15) is 5.54 Å². The second kappa shape index (κ2) is 7.59. The van der Waals surface area contributed by atoms with E-state index >= 15 is 0 Å². The second-order valence-corrected chi connectivity index (χ2v) is 8.00. The van der Waals surface area contributed by atoms with Gasteiger partial charge in [0.05, 0.1) is 7.11 Å². The number of hydrogen-bond donors (Lipinski definition) is 1. The quantitative estimate of drug-likeness (QED) is 0.525. The minimum absolute atomic E-state index is 0.127. The maximum atomic E-state index is 12.0. The molecule has 1 atom stereocenters. The molecule has 0 bridgehead atoms. The third-order valence-corrected chi connectivity index (χ3v) is 3.95. The lowest BCUT2D eigenvalue weighted by Gasteiger charge is -2.29. The number of carbonyl (C=O) groups is 1. The molecule has 4 heteroatoms. The van der Waals surface area contributed by atoms with Crippen LogP contribution in [0, 0.1) is 5.41 Å². The predicted octanol–water partition coefficient (Wildman–Crippen LogP) is 2.82. The summed E-state index contributed by atoms with van der Waals surface area (Å²) in [7, 11) is 3.65. The van der Waals surface area contributed by atoms with Gasteiger partial charge in [0.2, 0.25) is 0 Å². The molecule has 0 aromatic carbocycles. The van der Waals surface area contributed by atoms with Crippen LogP contribution in [0.4, 0.5) is 0 Å². The van der Waals surface area contributed by atoms with Crippen LogP contribution < -0.4 is 5.32 Å². The molecule has 1 rings (SSSR count). The van der Waals surface area contributed by atoms with Gasteiger partial charge in [0.15, 0.2) is 0 Å². The van der Waals surface area contributed by atoms with Gasteiger partial charge in [-0.25, -0.2) is 0 Å². The van der Waals surface area contributed by atoms with Gasteiger partial charge in [-0.3, -0.25) is 10.1 Å². The van der Waals surface area contributed by atoms with Crippen LogP contribution in [-0.4, -0.2) is 49.7 Å². The summed E-state index contributed by atoms with van der Waals surface area (Å²) in [6, 6.07) is 0.512. The standard InChI is InChI=1S/C17H34N2O2/c1-16(2,3)13-19(5)12-8-7-11-17(4,15(20)21-6)18-14-9-10-14/h14,18H,7-13H2,1-6H3. The number of methoxy groups -OCH3 is 1. The fourth-order valence-electron chi connectivity index (χ4n) is 2.89. The lowest BCUT2D eigenvalue weighted by molar-refractivity contribution is -0.148. The molecule has 0 heterocycles. The molecule has 1 saturated carbocycles. The highest BCUT2D eigenvalue weighted by Crippen LogP contribution is 2.26. The zero-order chi connectivity index (χ0) is 16.1. The Balaban J connectivity index is 2.31. The van der Waals surface area contributed by atoms with Crippen molar-refractivity contribution < 1.29 is 9.53 Å².